The van der Waals surface area contributed by atoms with Gasteiger partial charge in [0.2, 0.25) is 0 Å². The minimum absolute atomic E-state index is 0.0890. The van der Waals surface area contributed by atoms with Gasteiger partial charge in [-0.1, -0.05) is 6.07 Å². The van der Waals surface area contributed by atoms with E-state index >= 15 is 0 Å². The third kappa shape index (κ3) is 2.16. The van der Waals surface area contributed by atoms with Crippen molar-refractivity contribution in [2.75, 3.05) is 6.61 Å². The summed E-state index contributed by atoms with van der Waals surface area (Å²) in [6, 6.07) is 4.69. The van der Waals surface area contributed by atoms with Gasteiger partial charge in [0.05, 0.1) is 22.9 Å². The molecule has 84 valence electrons. The Balaban J connectivity index is 2.33. The van der Waals surface area contributed by atoms with Gasteiger partial charge in [-0.15, -0.1) is 0 Å². The number of benzene rings is 1. The van der Waals surface area contributed by atoms with Crippen LogP contribution in [0, 0.1) is 5.82 Å². The molecule has 0 saturated heterocycles. The number of carbonyl (C=O) groups is 1. The fraction of sp³-hybridized carbons (Fsp3) is 0.250. The highest BCUT2D eigenvalue weighted by molar-refractivity contribution is 9.10. The van der Waals surface area contributed by atoms with E-state index in [1.54, 1.807) is 12.1 Å². The van der Waals surface area contributed by atoms with Crippen molar-refractivity contribution in [2.24, 2.45) is 0 Å². The van der Waals surface area contributed by atoms with Gasteiger partial charge in [-0.2, -0.15) is 0 Å². The van der Waals surface area contributed by atoms with Gasteiger partial charge in [0, 0.05) is 5.57 Å². The number of rotatable bonds is 2. The summed E-state index contributed by atoms with van der Waals surface area (Å²) < 4.78 is 19.1. The van der Waals surface area contributed by atoms with E-state index < -0.39 is 5.82 Å². The summed E-state index contributed by atoms with van der Waals surface area (Å²) in [5, 5.41) is 0. The average Bonchev–Trinajstić information content (AvgIpc) is 2.33. The zero-order chi connectivity index (χ0) is 11.5. The number of carbonyl (C=O) groups excluding carboxylic acids is 1. The van der Waals surface area contributed by atoms with Crippen molar-refractivity contribution in [3.63, 3.8) is 0 Å². The molecule has 0 aliphatic carbocycles. The van der Waals surface area contributed by atoms with E-state index in [1.807, 2.05) is 0 Å². The monoisotopic (exact) mass is 284 g/mol. The molecule has 1 aliphatic heterocycles. The number of allylic oxidation sites excluding steroid dienone is 1. The topological polar surface area (TPSA) is 26.3 Å². The molecule has 16 heavy (non-hydrogen) atoms. The Bertz CT molecular complexity index is 454. The molecule has 4 heteroatoms. The van der Waals surface area contributed by atoms with E-state index in [1.165, 1.54) is 12.3 Å². The molecule has 0 saturated carbocycles. The van der Waals surface area contributed by atoms with Crippen LogP contribution in [0.5, 0.6) is 0 Å². The van der Waals surface area contributed by atoms with Crippen LogP contribution in [0.15, 0.2) is 34.5 Å². The Kier molecular flexibility index (Phi) is 3.39. The lowest BCUT2D eigenvalue weighted by Crippen LogP contribution is -2.11. The normalized spacial score (nSPS) is 15.2. The zero-order valence-electron chi connectivity index (χ0n) is 8.50. The lowest BCUT2D eigenvalue weighted by Gasteiger charge is -2.13. The predicted molar refractivity (Wildman–Crippen MR) is 61.7 cm³/mol. The Morgan fingerprint density at radius 3 is 2.94 bits per heavy atom. The minimum Gasteiger partial charge on any atom is -0.501 e. The second kappa shape index (κ2) is 4.78. The molecular weight excluding hydrogens is 275 g/mol. The van der Waals surface area contributed by atoms with Crippen LogP contribution < -0.4 is 0 Å². The summed E-state index contributed by atoms with van der Waals surface area (Å²) in [6.45, 7) is 0.623. The first-order chi connectivity index (χ1) is 7.70. The molecule has 2 nitrogen and oxygen atoms in total. The van der Waals surface area contributed by atoms with Crippen LogP contribution in [0.1, 0.15) is 23.2 Å². The molecule has 0 radical (unpaired) electrons. The van der Waals surface area contributed by atoms with Crippen molar-refractivity contribution in [1.82, 2.24) is 0 Å². The number of ether oxygens (including phenoxy) is 1. The highest BCUT2D eigenvalue weighted by Gasteiger charge is 2.19. The molecule has 1 aromatic carbocycles. The molecular formula is C12H10BrFO2. The van der Waals surface area contributed by atoms with Gasteiger partial charge < -0.3 is 4.74 Å². The first-order valence-corrected chi connectivity index (χ1v) is 5.79. The predicted octanol–water partition coefficient (Wildman–Crippen LogP) is 3.47. The van der Waals surface area contributed by atoms with Crippen LogP contribution in [-0.4, -0.2) is 12.4 Å². The number of hydrogen-bond donors (Lipinski definition) is 0. The van der Waals surface area contributed by atoms with Crippen LogP contribution in [0.3, 0.4) is 0 Å². The van der Waals surface area contributed by atoms with E-state index in [-0.39, 0.29) is 11.3 Å². The second-order valence-electron chi connectivity index (χ2n) is 3.55. The van der Waals surface area contributed by atoms with Crippen LogP contribution >= 0.6 is 15.9 Å². The van der Waals surface area contributed by atoms with Gasteiger partial charge in [0.25, 0.3) is 0 Å². The van der Waals surface area contributed by atoms with Crippen molar-refractivity contribution in [3.8, 4) is 0 Å². The SMILES string of the molecule is O=C(C1=COCCC1)c1cccc(Br)c1F. The third-order valence-corrected chi connectivity index (χ3v) is 3.03. The number of ketones is 1. The quantitative estimate of drug-likeness (QED) is 0.778. The van der Waals surface area contributed by atoms with Gasteiger partial charge in [-0.25, -0.2) is 4.39 Å². The summed E-state index contributed by atoms with van der Waals surface area (Å²) >= 11 is 3.06. The average molecular weight is 285 g/mol. The molecule has 0 bridgehead atoms. The van der Waals surface area contributed by atoms with Crippen molar-refractivity contribution in [1.29, 1.82) is 0 Å². The lowest BCUT2D eigenvalue weighted by molar-refractivity contribution is 0.101. The molecule has 0 amide bonds. The number of hydrogen-bond acceptors (Lipinski definition) is 2. The molecule has 0 N–H and O–H groups in total. The molecule has 0 aromatic heterocycles. The van der Waals surface area contributed by atoms with E-state index in [9.17, 15) is 9.18 Å². The lowest BCUT2D eigenvalue weighted by atomic mass is 9.99. The molecule has 1 heterocycles. The van der Waals surface area contributed by atoms with E-state index in [4.69, 9.17) is 4.74 Å². The largest absolute Gasteiger partial charge is 0.501 e. The number of halogens is 2. The zero-order valence-corrected chi connectivity index (χ0v) is 10.1. The van der Waals surface area contributed by atoms with E-state index in [0.29, 0.717) is 23.1 Å². The Morgan fingerprint density at radius 2 is 2.25 bits per heavy atom. The van der Waals surface area contributed by atoms with Crippen LogP contribution in [0.2, 0.25) is 0 Å². The van der Waals surface area contributed by atoms with Crippen molar-refractivity contribution in [2.45, 2.75) is 12.8 Å². The summed E-state index contributed by atoms with van der Waals surface area (Å²) in [5.74, 6) is -0.808. The van der Waals surface area contributed by atoms with Gasteiger partial charge in [-0.3, -0.25) is 4.79 Å². The Hall–Kier alpha value is -1.16. The fourth-order valence-electron chi connectivity index (χ4n) is 1.58. The van der Waals surface area contributed by atoms with E-state index in [2.05, 4.69) is 15.9 Å². The summed E-state index contributed by atoms with van der Waals surface area (Å²) in [7, 11) is 0. The van der Waals surface area contributed by atoms with Crippen LogP contribution in [-0.2, 0) is 4.74 Å². The van der Waals surface area contributed by atoms with Crippen molar-refractivity contribution in [3.05, 3.63) is 45.9 Å². The first kappa shape index (κ1) is 11.3. The molecule has 1 aromatic rings. The van der Waals surface area contributed by atoms with Gasteiger partial charge in [0.15, 0.2) is 5.78 Å². The second-order valence-corrected chi connectivity index (χ2v) is 4.40. The third-order valence-electron chi connectivity index (χ3n) is 2.42. The highest BCUT2D eigenvalue weighted by Crippen LogP contribution is 2.23. The summed E-state index contributed by atoms with van der Waals surface area (Å²) in [4.78, 5) is 12.0. The van der Waals surface area contributed by atoms with Gasteiger partial charge >= 0.3 is 0 Å². The Morgan fingerprint density at radius 1 is 1.44 bits per heavy atom. The number of Topliss-reactive ketones (excluding diaryl/α,β-unsaturated/α-hetero) is 1. The standard InChI is InChI=1S/C12H10BrFO2/c13-10-5-1-4-9(11(10)14)12(15)8-3-2-6-16-7-8/h1,4-5,7H,2-3,6H2. The molecule has 1 aliphatic rings. The van der Waals surface area contributed by atoms with Crippen LogP contribution in [0.4, 0.5) is 4.39 Å². The molecule has 0 atom stereocenters. The van der Waals surface area contributed by atoms with Crippen molar-refractivity contribution >= 4 is 21.7 Å². The molecule has 0 spiro atoms. The van der Waals surface area contributed by atoms with E-state index in [0.717, 1.165) is 6.42 Å². The maximum Gasteiger partial charge on any atom is 0.195 e. The maximum atomic E-state index is 13.7. The maximum absolute atomic E-state index is 13.7. The molecule has 0 fully saturated rings. The Labute approximate surface area is 101 Å². The fourth-order valence-corrected chi connectivity index (χ4v) is 1.95. The highest BCUT2D eigenvalue weighted by atomic mass is 79.9. The minimum atomic E-state index is -0.515. The smallest absolute Gasteiger partial charge is 0.195 e. The summed E-state index contributed by atoms with van der Waals surface area (Å²) in [6.07, 6.45) is 2.88. The van der Waals surface area contributed by atoms with Gasteiger partial charge in [-0.05, 0) is 40.9 Å². The first-order valence-electron chi connectivity index (χ1n) is 4.99. The summed E-state index contributed by atoms with van der Waals surface area (Å²) in [5.41, 5.74) is 0.620. The van der Waals surface area contributed by atoms with Crippen molar-refractivity contribution < 1.29 is 13.9 Å². The molecule has 2 rings (SSSR count). The molecule has 0 unspecified atom stereocenters. The van der Waals surface area contributed by atoms with Crippen LogP contribution in [0.25, 0.3) is 0 Å². The van der Waals surface area contributed by atoms with Gasteiger partial charge in [0.1, 0.15) is 5.82 Å².